The number of rotatable bonds is 4. The second-order valence-corrected chi connectivity index (χ2v) is 6.97. The lowest BCUT2D eigenvalue weighted by Gasteiger charge is -2.11. The molecule has 2 aromatic heterocycles. The number of aromatic amines is 1. The summed E-state index contributed by atoms with van der Waals surface area (Å²) in [5.41, 5.74) is -0.547. The fraction of sp³-hybridized carbons (Fsp3) is 0.273. The number of hydrogen-bond acceptors (Lipinski definition) is 5. The van der Waals surface area contributed by atoms with Crippen molar-refractivity contribution in [3.8, 4) is 0 Å². The third-order valence-electron chi connectivity index (χ3n) is 2.42. The Bertz CT molecular complexity index is 733. The Morgan fingerprint density at radius 3 is 2.79 bits per heavy atom. The standard InChI is InChI=1S/C11H13N3O3S2/c1-7-5-13-11(18-7)8(2)14-19(16,17)10-6-12-4-3-9(10)15/h3-6,8,14H,1-2H3,(H,12,15). The SMILES string of the molecule is Cc1cnc(C(C)NS(=O)(=O)c2c[nH]ccc2=O)s1. The van der Waals surface area contributed by atoms with Gasteiger partial charge in [-0.25, -0.2) is 18.1 Å². The Balaban J connectivity index is 2.28. The number of H-pyrrole nitrogens is 1. The molecule has 1 unspecified atom stereocenters. The molecule has 0 aromatic carbocycles. The average Bonchev–Trinajstić information content (AvgIpc) is 2.76. The Morgan fingerprint density at radius 1 is 1.47 bits per heavy atom. The van der Waals surface area contributed by atoms with Gasteiger partial charge >= 0.3 is 0 Å². The molecular formula is C11H13N3O3S2. The summed E-state index contributed by atoms with van der Waals surface area (Å²) in [6, 6.07) is 0.690. The highest BCUT2D eigenvalue weighted by Crippen LogP contribution is 2.20. The van der Waals surface area contributed by atoms with Gasteiger partial charge in [0.2, 0.25) is 15.5 Å². The lowest BCUT2D eigenvalue weighted by Crippen LogP contribution is -2.30. The van der Waals surface area contributed by atoms with Crippen LogP contribution in [0.25, 0.3) is 0 Å². The molecule has 8 heteroatoms. The number of nitrogens with zero attached hydrogens (tertiary/aromatic N) is 1. The van der Waals surface area contributed by atoms with Crippen molar-refractivity contribution in [3.05, 3.63) is 44.8 Å². The summed E-state index contributed by atoms with van der Waals surface area (Å²) in [7, 11) is -3.86. The largest absolute Gasteiger partial charge is 0.366 e. The van der Waals surface area contributed by atoms with Crippen molar-refractivity contribution in [1.29, 1.82) is 0 Å². The number of thiazole rings is 1. The molecule has 0 spiro atoms. The van der Waals surface area contributed by atoms with Crippen LogP contribution in [0.15, 0.2) is 34.3 Å². The molecule has 0 fully saturated rings. The smallest absolute Gasteiger partial charge is 0.246 e. The topological polar surface area (TPSA) is 91.9 Å². The van der Waals surface area contributed by atoms with E-state index in [9.17, 15) is 13.2 Å². The van der Waals surface area contributed by atoms with Crippen LogP contribution in [-0.2, 0) is 10.0 Å². The molecule has 0 aliphatic rings. The molecule has 102 valence electrons. The van der Waals surface area contributed by atoms with Gasteiger partial charge in [0.15, 0.2) is 0 Å². The van der Waals surface area contributed by atoms with Crippen molar-refractivity contribution in [3.63, 3.8) is 0 Å². The first-order valence-corrected chi connectivity index (χ1v) is 7.82. The van der Waals surface area contributed by atoms with E-state index in [-0.39, 0.29) is 4.90 Å². The molecule has 0 saturated carbocycles. The highest BCUT2D eigenvalue weighted by molar-refractivity contribution is 7.89. The molecule has 19 heavy (non-hydrogen) atoms. The first-order chi connectivity index (χ1) is 8.90. The molecule has 0 saturated heterocycles. The highest BCUT2D eigenvalue weighted by Gasteiger charge is 2.22. The Morgan fingerprint density at radius 2 is 2.21 bits per heavy atom. The van der Waals surface area contributed by atoms with Crippen LogP contribution in [0, 0.1) is 6.92 Å². The van der Waals surface area contributed by atoms with Crippen LogP contribution in [0.5, 0.6) is 0 Å². The van der Waals surface area contributed by atoms with E-state index in [1.165, 1.54) is 29.8 Å². The molecule has 0 aliphatic heterocycles. The minimum absolute atomic E-state index is 0.296. The van der Waals surface area contributed by atoms with Gasteiger partial charge in [-0.15, -0.1) is 11.3 Å². The number of pyridine rings is 1. The van der Waals surface area contributed by atoms with E-state index in [0.717, 1.165) is 4.88 Å². The summed E-state index contributed by atoms with van der Waals surface area (Å²) in [5, 5.41) is 0.661. The van der Waals surface area contributed by atoms with Gasteiger partial charge in [0.1, 0.15) is 9.90 Å². The molecular weight excluding hydrogens is 286 g/mol. The summed E-state index contributed by atoms with van der Waals surface area (Å²) in [6.45, 7) is 3.58. The molecule has 0 amide bonds. The zero-order chi connectivity index (χ0) is 14.0. The van der Waals surface area contributed by atoms with Gasteiger partial charge in [-0.2, -0.15) is 0 Å². The Hall–Kier alpha value is -1.51. The summed E-state index contributed by atoms with van der Waals surface area (Å²) < 4.78 is 26.6. The fourth-order valence-corrected chi connectivity index (χ4v) is 3.64. The van der Waals surface area contributed by atoms with Crippen LogP contribution in [0.3, 0.4) is 0 Å². The van der Waals surface area contributed by atoms with Gasteiger partial charge in [0.25, 0.3) is 0 Å². The molecule has 0 aliphatic carbocycles. The summed E-state index contributed by atoms with van der Waals surface area (Å²) >= 11 is 1.41. The average molecular weight is 299 g/mol. The number of nitrogens with one attached hydrogen (secondary N) is 2. The number of aryl methyl sites for hydroxylation is 1. The molecule has 1 atom stereocenters. The monoisotopic (exact) mass is 299 g/mol. The maximum absolute atomic E-state index is 12.1. The zero-order valence-electron chi connectivity index (χ0n) is 10.4. The first-order valence-electron chi connectivity index (χ1n) is 5.52. The van der Waals surface area contributed by atoms with Crippen LogP contribution in [-0.4, -0.2) is 18.4 Å². The minimum atomic E-state index is -3.86. The molecule has 2 aromatic rings. The second kappa shape index (κ2) is 5.24. The van der Waals surface area contributed by atoms with Gasteiger partial charge in [0, 0.05) is 29.5 Å². The highest BCUT2D eigenvalue weighted by atomic mass is 32.2. The quantitative estimate of drug-likeness (QED) is 0.886. The lowest BCUT2D eigenvalue weighted by atomic mass is 10.4. The van der Waals surface area contributed by atoms with Crippen molar-refractivity contribution in [1.82, 2.24) is 14.7 Å². The van der Waals surface area contributed by atoms with Gasteiger partial charge in [-0.1, -0.05) is 0 Å². The third kappa shape index (κ3) is 3.09. The maximum atomic E-state index is 12.1. The second-order valence-electron chi connectivity index (χ2n) is 4.02. The van der Waals surface area contributed by atoms with Gasteiger partial charge in [0.05, 0.1) is 6.04 Å². The van der Waals surface area contributed by atoms with Crippen LogP contribution in [0.1, 0.15) is 22.9 Å². The maximum Gasteiger partial charge on any atom is 0.246 e. The third-order valence-corrected chi connectivity index (χ3v) is 5.08. The van der Waals surface area contributed by atoms with E-state index in [1.807, 2.05) is 6.92 Å². The van der Waals surface area contributed by atoms with E-state index in [1.54, 1.807) is 13.1 Å². The first kappa shape index (κ1) is 13.9. The van der Waals surface area contributed by atoms with Crippen molar-refractivity contribution >= 4 is 21.4 Å². The predicted molar refractivity (Wildman–Crippen MR) is 72.7 cm³/mol. The van der Waals surface area contributed by atoms with Crippen LogP contribution in [0.4, 0.5) is 0 Å². The lowest BCUT2D eigenvalue weighted by molar-refractivity contribution is 0.565. The van der Waals surface area contributed by atoms with Crippen LogP contribution >= 0.6 is 11.3 Å². The predicted octanol–water partition coefficient (Wildman–Crippen LogP) is 1.18. The van der Waals surface area contributed by atoms with E-state index in [2.05, 4.69) is 14.7 Å². The van der Waals surface area contributed by atoms with Crippen molar-refractivity contribution in [2.24, 2.45) is 0 Å². The minimum Gasteiger partial charge on any atom is -0.366 e. The molecule has 2 rings (SSSR count). The Kier molecular flexibility index (Phi) is 3.83. The summed E-state index contributed by atoms with van der Waals surface area (Å²) in [6.07, 6.45) is 4.24. The zero-order valence-corrected chi connectivity index (χ0v) is 12.0. The van der Waals surface area contributed by atoms with Gasteiger partial charge < -0.3 is 4.98 Å². The van der Waals surface area contributed by atoms with E-state index in [0.29, 0.717) is 5.01 Å². The fourth-order valence-electron chi connectivity index (χ4n) is 1.53. The van der Waals surface area contributed by atoms with E-state index in [4.69, 9.17) is 0 Å². The molecule has 0 bridgehead atoms. The van der Waals surface area contributed by atoms with Crippen molar-refractivity contribution in [2.75, 3.05) is 0 Å². The summed E-state index contributed by atoms with van der Waals surface area (Å²) in [4.78, 5) is 19.0. The van der Waals surface area contributed by atoms with Gasteiger partial charge in [-0.05, 0) is 13.8 Å². The number of aromatic nitrogens is 2. The van der Waals surface area contributed by atoms with E-state index < -0.39 is 21.5 Å². The Labute approximate surface area is 114 Å². The molecule has 2 heterocycles. The van der Waals surface area contributed by atoms with Crippen molar-refractivity contribution < 1.29 is 8.42 Å². The van der Waals surface area contributed by atoms with Crippen LogP contribution in [0.2, 0.25) is 0 Å². The van der Waals surface area contributed by atoms with Crippen molar-refractivity contribution in [2.45, 2.75) is 24.8 Å². The van der Waals surface area contributed by atoms with Gasteiger partial charge in [-0.3, -0.25) is 4.79 Å². The number of sulfonamides is 1. The molecule has 6 nitrogen and oxygen atoms in total. The van der Waals surface area contributed by atoms with E-state index >= 15 is 0 Å². The number of hydrogen-bond donors (Lipinski definition) is 2. The normalized spacial score (nSPS) is 13.4. The summed E-state index contributed by atoms with van der Waals surface area (Å²) in [5.74, 6) is 0. The molecule has 2 N–H and O–H groups in total. The van der Waals surface area contributed by atoms with Crippen LogP contribution < -0.4 is 10.2 Å². The molecule has 0 radical (unpaired) electrons.